The summed E-state index contributed by atoms with van der Waals surface area (Å²) >= 11 is 5.87. The van der Waals surface area contributed by atoms with Gasteiger partial charge in [0.25, 0.3) is 0 Å². The Morgan fingerprint density at radius 1 is 1.53 bits per heavy atom. The molecule has 0 unspecified atom stereocenters. The minimum Gasteiger partial charge on any atom is -0.478 e. The quantitative estimate of drug-likeness (QED) is 0.767. The van der Waals surface area contributed by atoms with Crippen LogP contribution in [0, 0.1) is 0 Å². The van der Waals surface area contributed by atoms with Crippen molar-refractivity contribution in [2.75, 3.05) is 0 Å². The number of hydrogen-bond acceptors (Lipinski definition) is 2. The normalized spacial score (nSPS) is 11.3. The molecule has 0 aliphatic heterocycles. The Bertz CT molecular complexity index is 545. The fraction of sp³-hybridized carbons (Fsp3) is 0. The summed E-state index contributed by atoms with van der Waals surface area (Å²) < 4.78 is 0. The highest BCUT2D eigenvalue weighted by Gasteiger charge is 2.03. The van der Waals surface area contributed by atoms with E-state index >= 15 is 0 Å². The van der Waals surface area contributed by atoms with Crippen LogP contribution in [0.15, 0.2) is 24.5 Å². The summed E-state index contributed by atoms with van der Waals surface area (Å²) in [4.78, 5) is 17.4. The van der Waals surface area contributed by atoms with E-state index in [-0.39, 0.29) is 0 Å². The summed E-state index contributed by atoms with van der Waals surface area (Å²) in [6.45, 7) is 0. The topological polar surface area (TPSA) is 66.0 Å². The third kappa shape index (κ3) is 1.99. The van der Waals surface area contributed by atoms with Gasteiger partial charge in [0.15, 0.2) is 0 Å². The van der Waals surface area contributed by atoms with Crippen LogP contribution in [0.3, 0.4) is 0 Å². The zero-order valence-electron chi connectivity index (χ0n) is 7.57. The number of nitrogens with one attached hydrogen (secondary N) is 1. The molecular formula is C10H7ClN2O2. The first-order valence-corrected chi connectivity index (χ1v) is 4.58. The van der Waals surface area contributed by atoms with E-state index in [2.05, 4.69) is 9.97 Å². The van der Waals surface area contributed by atoms with Crippen LogP contribution in [0.5, 0.6) is 0 Å². The first-order valence-electron chi connectivity index (χ1n) is 4.20. The predicted octanol–water partition coefficient (Wildman–Crippen LogP) is 2.31. The van der Waals surface area contributed by atoms with E-state index in [1.54, 1.807) is 18.5 Å². The number of carboxylic acid groups (broad SMARTS) is 1. The van der Waals surface area contributed by atoms with Crippen LogP contribution in [0.25, 0.3) is 17.1 Å². The van der Waals surface area contributed by atoms with Gasteiger partial charge in [-0.25, -0.2) is 9.78 Å². The summed E-state index contributed by atoms with van der Waals surface area (Å²) in [7, 11) is 0. The van der Waals surface area contributed by atoms with E-state index in [1.165, 1.54) is 6.08 Å². The lowest BCUT2D eigenvalue weighted by Crippen LogP contribution is -1.86. The number of aromatic nitrogens is 2. The van der Waals surface area contributed by atoms with Crippen molar-refractivity contribution in [3.63, 3.8) is 0 Å². The van der Waals surface area contributed by atoms with Crippen molar-refractivity contribution < 1.29 is 9.90 Å². The van der Waals surface area contributed by atoms with Crippen LogP contribution in [-0.4, -0.2) is 21.0 Å². The van der Waals surface area contributed by atoms with Crippen molar-refractivity contribution in [1.29, 1.82) is 0 Å². The Labute approximate surface area is 90.2 Å². The van der Waals surface area contributed by atoms with Gasteiger partial charge >= 0.3 is 5.97 Å². The van der Waals surface area contributed by atoms with Crippen molar-refractivity contribution in [3.8, 4) is 0 Å². The van der Waals surface area contributed by atoms with Gasteiger partial charge in [0.1, 0.15) is 0 Å². The second-order valence-electron chi connectivity index (χ2n) is 2.97. The summed E-state index contributed by atoms with van der Waals surface area (Å²) in [5, 5.41) is 9.06. The Balaban J connectivity index is 2.58. The number of H-pyrrole nitrogens is 1. The summed E-state index contributed by atoms with van der Waals surface area (Å²) in [5.74, 6) is -1.00. The number of fused-ring (bicyclic) bond motifs is 1. The molecule has 5 heteroatoms. The molecule has 2 N–H and O–H groups in total. The Hall–Kier alpha value is -1.81. The average molecular weight is 223 g/mol. The molecule has 0 saturated carbocycles. The van der Waals surface area contributed by atoms with Gasteiger partial charge in [0.2, 0.25) is 0 Å². The minimum absolute atomic E-state index is 0.539. The van der Waals surface area contributed by atoms with Crippen molar-refractivity contribution in [3.05, 3.63) is 35.1 Å². The molecule has 1 aromatic carbocycles. The number of carbonyl (C=O) groups is 1. The Kier molecular flexibility index (Phi) is 2.43. The molecule has 0 radical (unpaired) electrons. The highest BCUT2D eigenvalue weighted by molar-refractivity contribution is 6.31. The first-order chi connectivity index (χ1) is 7.16. The van der Waals surface area contributed by atoms with E-state index in [0.717, 1.165) is 11.6 Å². The van der Waals surface area contributed by atoms with Gasteiger partial charge in [0, 0.05) is 16.7 Å². The SMILES string of the molecule is O=C(O)/C=C/c1cc(Cl)cc2[nH]cnc12. The maximum Gasteiger partial charge on any atom is 0.328 e. The van der Waals surface area contributed by atoms with Gasteiger partial charge in [-0.05, 0) is 18.2 Å². The Morgan fingerprint density at radius 2 is 2.33 bits per heavy atom. The Morgan fingerprint density at radius 3 is 3.07 bits per heavy atom. The van der Waals surface area contributed by atoms with Crippen molar-refractivity contribution in [2.24, 2.45) is 0 Å². The van der Waals surface area contributed by atoms with E-state index in [0.29, 0.717) is 16.1 Å². The number of rotatable bonds is 2. The number of nitrogens with zero attached hydrogens (tertiary/aromatic N) is 1. The molecule has 2 rings (SSSR count). The largest absolute Gasteiger partial charge is 0.478 e. The second kappa shape index (κ2) is 3.74. The third-order valence-corrected chi connectivity index (χ3v) is 2.14. The molecule has 0 atom stereocenters. The zero-order chi connectivity index (χ0) is 10.8. The van der Waals surface area contributed by atoms with E-state index in [9.17, 15) is 4.79 Å². The molecule has 76 valence electrons. The first kappa shape index (κ1) is 9.73. The van der Waals surface area contributed by atoms with E-state index in [4.69, 9.17) is 16.7 Å². The molecule has 0 saturated heterocycles. The molecule has 1 aromatic heterocycles. The fourth-order valence-corrected chi connectivity index (χ4v) is 1.56. The highest BCUT2D eigenvalue weighted by atomic mass is 35.5. The molecule has 0 fully saturated rings. The molecule has 0 aliphatic carbocycles. The van der Waals surface area contributed by atoms with Crippen LogP contribution in [0.4, 0.5) is 0 Å². The molecule has 0 spiro atoms. The number of benzene rings is 1. The lowest BCUT2D eigenvalue weighted by atomic mass is 10.1. The molecular weight excluding hydrogens is 216 g/mol. The number of carboxylic acids is 1. The number of imidazole rings is 1. The van der Waals surface area contributed by atoms with Crippen molar-refractivity contribution >= 4 is 34.7 Å². The van der Waals surface area contributed by atoms with E-state index in [1.807, 2.05) is 0 Å². The van der Waals surface area contributed by atoms with Crippen LogP contribution < -0.4 is 0 Å². The monoisotopic (exact) mass is 222 g/mol. The molecule has 0 bridgehead atoms. The fourth-order valence-electron chi connectivity index (χ4n) is 1.33. The molecule has 4 nitrogen and oxygen atoms in total. The van der Waals surface area contributed by atoms with Gasteiger partial charge in [-0.3, -0.25) is 0 Å². The average Bonchev–Trinajstić information content (AvgIpc) is 2.61. The van der Waals surface area contributed by atoms with Crippen molar-refractivity contribution in [1.82, 2.24) is 9.97 Å². The maximum atomic E-state index is 10.4. The zero-order valence-corrected chi connectivity index (χ0v) is 8.32. The lowest BCUT2D eigenvalue weighted by molar-refractivity contribution is -0.131. The molecule has 15 heavy (non-hydrogen) atoms. The summed E-state index contributed by atoms with van der Waals surface area (Å²) in [6.07, 6.45) is 4.07. The number of halogens is 1. The molecule has 2 aromatic rings. The smallest absolute Gasteiger partial charge is 0.328 e. The molecule has 1 heterocycles. The maximum absolute atomic E-state index is 10.4. The molecule has 0 amide bonds. The van der Waals surface area contributed by atoms with Crippen LogP contribution in [0.1, 0.15) is 5.56 Å². The number of aliphatic carboxylic acids is 1. The van der Waals surface area contributed by atoms with Gasteiger partial charge in [0.05, 0.1) is 17.4 Å². The van der Waals surface area contributed by atoms with Crippen LogP contribution >= 0.6 is 11.6 Å². The van der Waals surface area contributed by atoms with Crippen molar-refractivity contribution in [2.45, 2.75) is 0 Å². The molecule has 0 aliphatic rings. The highest BCUT2D eigenvalue weighted by Crippen LogP contribution is 2.22. The number of aromatic amines is 1. The second-order valence-corrected chi connectivity index (χ2v) is 3.40. The van der Waals surface area contributed by atoms with E-state index < -0.39 is 5.97 Å². The lowest BCUT2D eigenvalue weighted by Gasteiger charge is -1.96. The minimum atomic E-state index is -1.00. The van der Waals surface area contributed by atoms with Gasteiger partial charge < -0.3 is 10.1 Å². The van der Waals surface area contributed by atoms with Crippen LogP contribution in [-0.2, 0) is 4.79 Å². The summed E-state index contributed by atoms with van der Waals surface area (Å²) in [5.41, 5.74) is 2.17. The summed E-state index contributed by atoms with van der Waals surface area (Å²) in [6, 6.07) is 3.41. The van der Waals surface area contributed by atoms with Crippen LogP contribution in [0.2, 0.25) is 5.02 Å². The van der Waals surface area contributed by atoms with Gasteiger partial charge in [-0.1, -0.05) is 11.6 Å². The number of hydrogen-bond donors (Lipinski definition) is 2. The van der Waals surface area contributed by atoms with Gasteiger partial charge in [-0.2, -0.15) is 0 Å². The third-order valence-electron chi connectivity index (χ3n) is 1.92. The van der Waals surface area contributed by atoms with Gasteiger partial charge in [-0.15, -0.1) is 0 Å². The predicted molar refractivity (Wildman–Crippen MR) is 57.8 cm³/mol. The standard InChI is InChI=1S/C10H7ClN2O2/c11-7-3-6(1-2-9(14)15)10-8(4-7)12-5-13-10/h1-5H,(H,12,13)(H,14,15)/b2-1+.